The summed E-state index contributed by atoms with van der Waals surface area (Å²) >= 11 is 0. The van der Waals surface area contributed by atoms with E-state index in [2.05, 4.69) is 0 Å². The molecule has 1 aromatic rings. The molecular weight excluding hydrogens is 206 g/mol. The van der Waals surface area contributed by atoms with Gasteiger partial charge in [0.2, 0.25) is 5.91 Å². The van der Waals surface area contributed by atoms with Crippen molar-refractivity contribution in [2.75, 3.05) is 11.4 Å². The first kappa shape index (κ1) is 10.7. The van der Waals surface area contributed by atoms with E-state index in [-0.39, 0.29) is 5.91 Å². The lowest BCUT2D eigenvalue weighted by molar-refractivity contribution is -0.144. The van der Waals surface area contributed by atoms with Crippen LogP contribution in [0.25, 0.3) is 0 Å². The van der Waals surface area contributed by atoms with Crippen LogP contribution in [0.3, 0.4) is 0 Å². The van der Waals surface area contributed by atoms with Gasteiger partial charge < -0.3 is 10.0 Å². The van der Waals surface area contributed by atoms with Gasteiger partial charge in [0.05, 0.1) is 0 Å². The average molecular weight is 219 g/mol. The zero-order valence-electron chi connectivity index (χ0n) is 9.01. The van der Waals surface area contributed by atoms with E-state index in [1.54, 1.807) is 4.90 Å². The Morgan fingerprint density at radius 2 is 2.12 bits per heavy atom. The van der Waals surface area contributed by atoms with Gasteiger partial charge in [0.1, 0.15) is 5.92 Å². The monoisotopic (exact) mass is 219 g/mol. The number of amides is 1. The van der Waals surface area contributed by atoms with Crippen molar-refractivity contribution in [3.8, 4) is 0 Å². The molecule has 1 N–H and O–H groups in total. The number of carboxylic acid groups (broad SMARTS) is 1. The molecule has 1 unspecified atom stereocenters. The van der Waals surface area contributed by atoms with E-state index in [4.69, 9.17) is 5.11 Å². The number of benzene rings is 1. The van der Waals surface area contributed by atoms with Gasteiger partial charge >= 0.3 is 5.97 Å². The highest BCUT2D eigenvalue weighted by atomic mass is 16.4. The quantitative estimate of drug-likeness (QED) is 0.765. The summed E-state index contributed by atoms with van der Waals surface area (Å²) in [7, 11) is 0. The fourth-order valence-corrected chi connectivity index (χ4v) is 2.01. The first-order valence-electron chi connectivity index (χ1n) is 5.21. The fourth-order valence-electron chi connectivity index (χ4n) is 2.01. The van der Waals surface area contributed by atoms with Gasteiger partial charge in [0, 0.05) is 12.2 Å². The molecule has 16 heavy (non-hydrogen) atoms. The largest absolute Gasteiger partial charge is 0.481 e. The van der Waals surface area contributed by atoms with Gasteiger partial charge in [0.15, 0.2) is 0 Å². The minimum Gasteiger partial charge on any atom is -0.481 e. The van der Waals surface area contributed by atoms with Gasteiger partial charge in [-0.1, -0.05) is 18.2 Å². The van der Waals surface area contributed by atoms with Crippen LogP contribution >= 0.6 is 0 Å². The van der Waals surface area contributed by atoms with E-state index in [9.17, 15) is 9.59 Å². The fraction of sp³-hybridized carbons (Fsp3) is 0.333. The number of para-hydroxylation sites is 1. The van der Waals surface area contributed by atoms with Gasteiger partial charge in [-0.2, -0.15) is 0 Å². The second kappa shape index (κ2) is 3.96. The Morgan fingerprint density at radius 1 is 1.44 bits per heavy atom. The highest BCUT2D eigenvalue weighted by Gasteiger charge is 2.37. The standard InChI is InChI=1S/C12H13NO3/c1-8-4-2-3-5-10(8)13-7-6-9(11(13)14)12(15)16/h2-5,9H,6-7H2,1H3,(H,15,16). The topological polar surface area (TPSA) is 57.6 Å². The molecular formula is C12H13NO3. The molecule has 0 radical (unpaired) electrons. The highest BCUT2D eigenvalue weighted by molar-refractivity contribution is 6.07. The summed E-state index contributed by atoms with van der Waals surface area (Å²) in [5.41, 5.74) is 1.80. The molecule has 1 aliphatic rings. The number of hydrogen-bond acceptors (Lipinski definition) is 2. The second-order valence-electron chi connectivity index (χ2n) is 3.96. The van der Waals surface area contributed by atoms with Crippen LogP contribution in [0.15, 0.2) is 24.3 Å². The molecule has 4 heteroatoms. The lowest BCUT2D eigenvalue weighted by atomic mass is 10.1. The normalized spacial score (nSPS) is 20.2. The van der Waals surface area contributed by atoms with Crippen molar-refractivity contribution in [2.24, 2.45) is 5.92 Å². The Kier molecular flexibility index (Phi) is 2.64. The summed E-state index contributed by atoms with van der Waals surface area (Å²) in [6.45, 7) is 2.40. The van der Waals surface area contributed by atoms with E-state index < -0.39 is 11.9 Å². The van der Waals surface area contributed by atoms with E-state index in [1.807, 2.05) is 31.2 Å². The number of aliphatic carboxylic acids is 1. The number of nitrogens with zero attached hydrogens (tertiary/aromatic N) is 1. The summed E-state index contributed by atoms with van der Waals surface area (Å²) in [5.74, 6) is -2.21. The molecule has 0 bridgehead atoms. The number of rotatable bonds is 2. The SMILES string of the molecule is Cc1ccccc1N1CCC(C(=O)O)C1=O. The van der Waals surface area contributed by atoms with Crippen LogP contribution in [0.1, 0.15) is 12.0 Å². The number of hydrogen-bond donors (Lipinski definition) is 1. The predicted molar refractivity (Wildman–Crippen MR) is 59.3 cm³/mol. The van der Waals surface area contributed by atoms with Crippen LogP contribution in [0, 0.1) is 12.8 Å². The number of aryl methyl sites for hydroxylation is 1. The number of carbonyl (C=O) groups is 2. The maximum atomic E-state index is 11.8. The average Bonchev–Trinajstić information content (AvgIpc) is 2.61. The van der Waals surface area contributed by atoms with E-state index >= 15 is 0 Å². The van der Waals surface area contributed by atoms with Crippen LogP contribution in [-0.4, -0.2) is 23.5 Å². The zero-order chi connectivity index (χ0) is 11.7. The van der Waals surface area contributed by atoms with Crippen LogP contribution < -0.4 is 4.90 Å². The molecule has 84 valence electrons. The molecule has 0 spiro atoms. The molecule has 1 saturated heterocycles. The Labute approximate surface area is 93.5 Å². The van der Waals surface area contributed by atoms with E-state index in [0.29, 0.717) is 13.0 Å². The minimum atomic E-state index is -1.03. The smallest absolute Gasteiger partial charge is 0.316 e. The van der Waals surface area contributed by atoms with Crippen molar-refractivity contribution in [3.05, 3.63) is 29.8 Å². The van der Waals surface area contributed by atoms with Gasteiger partial charge in [-0.3, -0.25) is 9.59 Å². The summed E-state index contributed by atoms with van der Waals surface area (Å²) in [6, 6.07) is 7.51. The van der Waals surface area contributed by atoms with Crippen molar-refractivity contribution in [1.29, 1.82) is 0 Å². The molecule has 1 aromatic carbocycles. The van der Waals surface area contributed by atoms with Gasteiger partial charge in [-0.15, -0.1) is 0 Å². The molecule has 1 atom stereocenters. The zero-order valence-corrected chi connectivity index (χ0v) is 9.01. The molecule has 1 heterocycles. The molecule has 0 aliphatic carbocycles. The number of carboxylic acids is 1. The Balaban J connectivity index is 2.29. The maximum Gasteiger partial charge on any atom is 0.316 e. The second-order valence-corrected chi connectivity index (χ2v) is 3.96. The number of carbonyl (C=O) groups excluding carboxylic acids is 1. The van der Waals surface area contributed by atoms with E-state index in [0.717, 1.165) is 11.3 Å². The van der Waals surface area contributed by atoms with Crippen molar-refractivity contribution in [3.63, 3.8) is 0 Å². The number of anilines is 1. The first-order chi connectivity index (χ1) is 7.61. The summed E-state index contributed by atoms with van der Waals surface area (Å²) < 4.78 is 0. The van der Waals surface area contributed by atoms with Crippen molar-refractivity contribution >= 4 is 17.6 Å². The van der Waals surface area contributed by atoms with Gasteiger partial charge in [0.25, 0.3) is 0 Å². The van der Waals surface area contributed by atoms with Crippen LogP contribution in [0.5, 0.6) is 0 Å². The third kappa shape index (κ3) is 1.66. The van der Waals surface area contributed by atoms with Crippen molar-refractivity contribution < 1.29 is 14.7 Å². The summed E-state index contributed by atoms with van der Waals surface area (Å²) in [4.78, 5) is 24.2. The van der Waals surface area contributed by atoms with Gasteiger partial charge in [-0.05, 0) is 25.0 Å². The van der Waals surface area contributed by atoms with Crippen LogP contribution in [0.2, 0.25) is 0 Å². The van der Waals surface area contributed by atoms with Crippen molar-refractivity contribution in [1.82, 2.24) is 0 Å². The molecule has 1 fully saturated rings. The van der Waals surface area contributed by atoms with Crippen molar-refractivity contribution in [2.45, 2.75) is 13.3 Å². The van der Waals surface area contributed by atoms with Gasteiger partial charge in [-0.25, -0.2) is 0 Å². The molecule has 1 aliphatic heterocycles. The highest BCUT2D eigenvalue weighted by Crippen LogP contribution is 2.27. The summed E-state index contributed by atoms with van der Waals surface area (Å²) in [6.07, 6.45) is 0.391. The Morgan fingerprint density at radius 3 is 2.69 bits per heavy atom. The minimum absolute atomic E-state index is 0.304. The molecule has 0 aromatic heterocycles. The Hall–Kier alpha value is -1.84. The summed E-state index contributed by atoms with van der Waals surface area (Å²) in [5, 5.41) is 8.87. The lowest BCUT2D eigenvalue weighted by Gasteiger charge is -2.18. The maximum absolute atomic E-state index is 11.8. The third-order valence-corrected chi connectivity index (χ3v) is 2.91. The molecule has 4 nitrogen and oxygen atoms in total. The van der Waals surface area contributed by atoms with Crippen LogP contribution in [0.4, 0.5) is 5.69 Å². The third-order valence-electron chi connectivity index (χ3n) is 2.91. The Bertz CT molecular complexity index is 442. The van der Waals surface area contributed by atoms with Crippen LogP contribution in [-0.2, 0) is 9.59 Å². The predicted octanol–water partition coefficient (Wildman–Crippen LogP) is 1.43. The lowest BCUT2D eigenvalue weighted by Crippen LogP contribution is -2.30. The molecule has 1 amide bonds. The molecule has 0 saturated carbocycles. The molecule has 2 rings (SSSR count). The van der Waals surface area contributed by atoms with E-state index in [1.165, 1.54) is 0 Å². The first-order valence-corrected chi connectivity index (χ1v) is 5.21.